The number of hydrogen-bond acceptors (Lipinski definition) is 5. The van der Waals surface area contributed by atoms with Gasteiger partial charge in [0.15, 0.2) is 0 Å². The number of nitrogens with two attached hydrogens (primary N) is 1. The van der Waals surface area contributed by atoms with Crippen LogP contribution in [0.1, 0.15) is 13.8 Å². The van der Waals surface area contributed by atoms with E-state index in [0.29, 0.717) is 11.4 Å². The monoisotopic (exact) mass is 273 g/mol. The van der Waals surface area contributed by atoms with Crippen molar-refractivity contribution in [2.24, 2.45) is 0 Å². The van der Waals surface area contributed by atoms with Crippen molar-refractivity contribution in [1.29, 1.82) is 0 Å². The van der Waals surface area contributed by atoms with Crippen LogP contribution in [0.2, 0.25) is 0 Å². The molecular formula is C15H19N3O2. The van der Waals surface area contributed by atoms with Gasteiger partial charge in [0.2, 0.25) is 0 Å². The number of pyridine rings is 1. The normalized spacial score (nSPS) is 13.8. The standard InChI is InChI=1S/C15H19N3O2/c1-10(19)18(11(2)20)15-6-5-13(16)8-14(15)12-4-3-7-17-9-12/h3-11,19-20H,16H2,1-2H3. The second-order valence-electron chi connectivity index (χ2n) is 4.69. The van der Waals surface area contributed by atoms with Crippen molar-refractivity contribution >= 4 is 11.4 Å². The van der Waals surface area contributed by atoms with Crippen molar-refractivity contribution < 1.29 is 10.2 Å². The largest absolute Gasteiger partial charge is 0.399 e. The highest BCUT2D eigenvalue weighted by Crippen LogP contribution is 2.33. The molecule has 0 bridgehead atoms. The van der Waals surface area contributed by atoms with Gasteiger partial charge >= 0.3 is 0 Å². The number of aromatic nitrogens is 1. The topological polar surface area (TPSA) is 82.6 Å². The minimum atomic E-state index is -0.825. The molecule has 2 aromatic rings. The van der Waals surface area contributed by atoms with Crippen LogP contribution in [0.15, 0.2) is 42.7 Å². The van der Waals surface area contributed by atoms with E-state index in [0.717, 1.165) is 11.1 Å². The van der Waals surface area contributed by atoms with E-state index in [1.807, 2.05) is 18.2 Å². The first-order chi connectivity index (χ1) is 9.50. The Labute approximate surface area is 118 Å². The smallest absolute Gasteiger partial charge is 0.126 e. The average molecular weight is 273 g/mol. The van der Waals surface area contributed by atoms with E-state index in [4.69, 9.17) is 5.73 Å². The zero-order chi connectivity index (χ0) is 14.7. The Bertz CT molecular complexity index is 563. The predicted octanol–water partition coefficient (Wildman–Crippen LogP) is 1.81. The summed E-state index contributed by atoms with van der Waals surface area (Å²) in [6, 6.07) is 9.08. The third-order valence-electron chi connectivity index (χ3n) is 3.08. The van der Waals surface area contributed by atoms with Gasteiger partial charge in [0, 0.05) is 34.9 Å². The van der Waals surface area contributed by atoms with Gasteiger partial charge < -0.3 is 20.8 Å². The van der Waals surface area contributed by atoms with Crippen molar-refractivity contribution in [3.8, 4) is 11.1 Å². The lowest BCUT2D eigenvalue weighted by Gasteiger charge is -2.32. The van der Waals surface area contributed by atoms with Crippen molar-refractivity contribution in [3.05, 3.63) is 42.7 Å². The van der Waals surface area contributed by atoms with E-state index >= 15 is 0 Å². The lowest BCUT2D eigenvalue weighted by atomic mass is 10.0. The van der Waals surface area contributed by atoms with Crippen molar-refractivity contribution in [1.82, 2.24) is 4.98 Å². The van der Waals surface area contributed by atoms with Crippen LogP contribution in [0.5, 0.6) is 0 Å². The average Bonchev–Trinajstić information content (AvgIpc) is 2.41. The van der Waals surface area contributed by atoms with E-state index in [1.54, 1.807) is 38.4 Å². The van der Waals surface area contributed by atoms with Gasteiger partial charge in [0.25, 0.3) is 0 Å². The molecule has 1 aromatic carbocycles. The number of hydrogen-bond donors (Lipinski definition) is 3. The summed E-state index contributed by atoms with van der Waals surface area (Å²) in [7, 11) is 0. The Morgan fingerprint density at radius 2 is 1.85 bits per heavy atom. The van der Waals surface area contributed by atoms with Crippen molar-refractivity contribution in [3.63, 3.8) is 0 Å². The van der Waals surface area contributed by atoms with E-state index in [-0.39, 0.29) is 0 Å². The molecule has 5 heteroatoms. The fraction of sp³-hybridized carbons (Fsp3) is 0.267. The highest BCUT2D eigenvalue weighted by atomic mass is 16.3. The van der Waals surface area contributed by atoms with Crippen LogP contribution in [-0.2, 0) is 0 Å². The summed E-state index contributed by atoms with van der Waals surface area (Å²) in [6.07, 6.45) is 1.76. The molecule has 2 atom stereocenters. The molecule has 0 amide bonds. The van der Waals surface area contributed by atoms with E-state index < -0.39 is 12.5 Å². The second-order valence-corrected chi connectivity index (χ2v) is 4.69. The fourth-order valence-corrected chi connectivity index (χ4v) is 2.25. The van der Waals surface area contributed by atoms with Crippen LogP contribution in [-0.4, -0.2) is 27.7 Å². The minimum Gasteiger partial charge on any atom is -0.399 e. The Hall–Kier alpha value is -2.11. The van der Waals surface area contributed by atoms with Gasteiger partial charge in [-0.15, -0.1) is 0 Å². The quantitative estimate of drug-likeness (QED) is 0.584. The zero-order valence-electron chi connectivity index (χ0n) is 11.6. The Balaban J connectivity index is 2.59. The Kier molecular flexibility index (Phi) is 4.22. The summed E-state index contributed by atoms with van der Waals surface area (Å²) in [5.74, 6) is 0. The van der Waals surface area contributed by atoms with Crippen LogP contribution >= 0.6 is 0 Å². The molecule has 106 valence electrons. The van der Waals surface area contributed by atoms with Crippen LogP contribution in [0.4, 0.5) is 11.4 Å². The maximum Gasteiger partial charge on any atom is 0.126 e. The molecule has 2 unspecified atom stereocenters. The third kappa shape index (κ3) is 2.89. The summed E-state index contributed by atoms with van der Waals surface area (Å²) in [6.45, 7) is 3.21. The maximum atomic E-state index is 9.90. The lowest BCUT2D eigenvalue weighted by molar-refractivity contribution is 0.105. The molecule has 0 aliphatic rings. The van der Waals surface area contributed by atoms with Crippen molar-refractivity contribution in [2.75, 3.05) is 10.6 Å². The van der Waals surface area contributed by atoms with Crippen LogP contribution in [0, 0.1) is 0 Å². The van der Waals surface area contributed by atoms with Gasteiger partial charge in [-0.1, -0.05) is 6.07 Å². The number of benzene rings is 1. The number of nitrogens with zero attached hydrogens (tertiary/aromatic N) is 2. The molecule has 0 aliphatic heterocycles. The Morgan fingerprint density at radius 3 is 2.40 bits per heavy atom. The highest BCUT2D eigenvalue weighted by molar-refractivity contribution is 5.81. The maximum absolute atomic E-state index is 9.90. The van der Waals surface area contributed by atoms with E-state index in [2.05, 4.69) is 4.98 Å². The molecule has 0 fully saturated rings. The molecule has 0 aliphatic carbocycles. The molecule has 0 saturated heterocycles. The third-order valence-corrected chi connectivity index (χ3v) is 3.08. The first kappa shape index (κ1) is 14.3. The molecule has 4 N–H and O–H groups in total. The van der Waals surface area contributed by atoms with Crippen molar-refractivity contribution in [2.45, 2.75) is 26.3 Å². The molecular weight excluding hydrogens is 254 g/mol. The molecule has 0 saturated carbocycles. The van der Waals surface area contributed by atoms with E-state index in [9.17, 15) is 10.2 Å². The molecule has 2 rings (SSSR count). The van der Waals surface area contributed by atoms with Gasteiger partial charge in [-0.3, -0.25) is 4.98 Å². The first-order valence-corrected chi connectivity index (χ1v) is 6.45. The van der Waals surface area contributed by atoms with Gasteiger partial charge in [0.05, 0.1) is 0 Å². The van der Waals surface area contributed by atoms with Crippen LogP contribution in [0.3, 0.4) is 0 Å². The van der Waals surface area contributed by atoms with Gasteiger partial charge in [-0.2, -0.15) is 0 Å². The molecule has 1 aromatic heterocycles. The zero-order valence-corrected chi connectivity index (χ0v) is 11.6. The highest BCUT2D eigenvalue weighted by Gasteiger charge is 2.20. The number of anilines is 2. The predicted molar refractivity (Wildman–Crippen MR) is 79.9 cm³/mol. The summed E-state index contributed by atoms with van der Waals surface area (Å²) >= 11 is 0. The summed E-state index contributed by atoms with van der Waals surface area (Å²) in [5, 5.41) is 19.8. The molecule has 20 heavy (non-hydrogen) atoms. The second kappa shape index (κ2) is 5.90. The molecule has 0 radical (unpaired) electrons. The van der Waals surface area contributed by atoms with Crippen LogP contribution in [0.25, 0.3) is 11.1 Å². The minimum absolute atomic E-state index is 0.615. The first-order valence-electron chi connectivity index (χ1n) is 6.45. The summed E-state index contributed by atoms with van der Waals surface area (Å²) in [5.41, 5.74) is 8.87. The van der Waals surface area contributed by atoms with Crippen LogP contribution < -0.4 is 10.6 Å². The number of rotatable bonds is 4. The molecule has 1 heterocycles. The summed E-state index contributed by atoms with van der Waals surface area (Å²) < 4.78 is 0. The molecule has 5 nitrogen and oxygen atoms in total. The van der Waals surface area contributed by atoms with Gasteiger partial charge in [0.1, 0.15) is 12.5 Å². The Morgan fingerprint density at radius 1 is 1.15 bits per heavy atom. The lowest BCUT2D eigenvalue weighted by Crippen LogP contribution is -2.40. The number of nitrogen functional groups attached to an aromatic ring is 1. The fourth-order valence-electron chi connectivity index (χ4n) is 2.25. The van der Waals surface area contributed by atoms with Gasteiger partial charge in [-0.05, 0) is 38.1 Å². The number of aliphatic hydroxyl groups is 2. The summed E-state index contributed by atoms with van der Waals surface area (Å²) in [4.78, 5) is 5.61. The molecule has 0 spiro atoms. The SMILES string of the molecule is CC(O)N(c1ccc(N)cc1-c1cccnc1)C(C)O. The van der Waals surface area contributed by atoms with Gasteiger partial charge in [-0.25, -0.2) is 0 Å². The van der Waals surface area contributed by atoms with E-state index in [1.165, 1.54) is 4.90 Å². The number of aliphatic hydroxyl groups excluding tert-OH is 2.